The summed E-state index contributed by atoms with van der Waals surface area (Å²) >= 11 is 10.3. The predicted octanol–water partition coefficient (Wildman–Crippen LogP) is 9.06. The predicted molar refractivity (Wildman–Crippen MR) is 242 cm³/mol. The largest absolute Gasteiger partial charge is 1.00 e. The van der Waals surface area contributed by atoms with E-state index in [1.807, 2.05) is 12.1 Å². The maximum absolute atomic E-state index is 6.61. The van der Waals surface area contributed by atoms with Gasteiger partial charge in [0, 0.05) is 0 Å². The molecule has 5 heteroatoms. The van der Waals surface area contributed by atoms with E-state index in [2.05, 4.69) is 146 Å². The number of fused-ring (bicyclic) bond motifs is 3. The molecule has 6 aromatic rings. The van der Waals surface area contributed by atoms with Crippen molar-refractivity contribution in [1.29, 1.82) is 0 Å². The monoisotopic (exact) mass is 938 g/mol. The van der Waals surface area contributed by atoms with Gasteiger partial charge in [-0.25, -0.2) is 0 Å². The molecule has 1 atom stereocenters. The van der Waals surface area contributed by atoms with E-state index in [4.69, 9.17) is 23.2 Å². The van der Waals surface area contributed by atoms with Gasteiger partial charge in [0.05, 0.1) is 0 Å². The second kappa shape index (κ2) is 17.8. The van der Waals surface area contributed by atoms with Crippen molar-refractivity contribution in [1.82, 2.24) is 0 Å². The van der Waals surface area contributed by atoms with Crippen LogP contribution in [0.2, 0.25) is 10.0 Å². The molecule has 0 N–H and O–H groups in total. The standard InChI is InChI=1S/C35H29Cl2.C15H14.C5H5.2ClH.Zr/c36-29-6-1-22(2-7-29)24-5-10-31-25(16-24)17-26-18-32(23-3-8-30(37)9-4-23)34(19-33(26)31)35-27-12-20-11-21(14-27)15-28(35)13-20;1-3-8-14(9-4-1)12-7-13-15-10-5-2-6-11-15;1-2-4-5-3-1;;;/h1-10,16-21,27-28,35H,11-15H2;1-6,8-11H,12-13H2;1-3H,4H2;2*1H;/q;;;;;+2/p-2. The van der Waals surface area contributed by atoms with Crippen LogP contribution in [0.3, 0.4) is 0 Å². The molecule has 6 aromatic carbocycles. The topological polar surface area (TPSA) is 0 Å². The molecule has 6 aliphatic carbocycles. The van der Waals surface area contributed by atoms with E-state index in [0.717, 1.165) is 53.0 Å². The van der Waals surface area contributed by atoms with Crippen molar-refractivity contribution in [2.75, 3.05) is 0 Å². The van der Waals surface area contributed by atoms with Crippen molar-refractivity contribution in [2.45, 2.75) is 60.9 Å². The van der Waals surface area contributed by atoms with E-state index in [9.17, 15) is 0 Å². The van der Waals surface area contributed by atoms with Crippen molar-refractivity contribution >= 4 is 26.4 Å². The molecule has 4 bridgehead atoms. The average Bonchev–Trinajstić information content (AvgIpc) is 3.88. The molecule has 4 saturated carbocycles. The van der Waals surface area contributed by atoms with Crippen molar-refractivity contribution in [3.63, 3.8) is 0 Å². The summed E-state index contributed by atoms with van der Waals surface area (Å²) < 4.78 is 3.84. The third-order valence-corrected chi connectivity index (χ3v) is 23.2. The molecular formula is C55H48Cl4Zr. The fraction of sp³-hybridized carbons (Fsp3) is 0.255. The first-order valence-corrected chi connectivity index (χ1v) is 26.2. The average molecular weight is 942 g/mol. The Hall–Kier alpha value is -3.29. The van der Waals surface area contributed by atoms with E-state index in [1.54, 1.807) is 17.6 Å². The van der Waals surface area contributed by atoms with Crippen LogP contribution in [0.25, 0.3) is 33.4 Å². The van der Waals surface area contributed by atoms with Gasteiger partial charge in [-0.1, -0.05) is 0 Å². The molecular weight excluding hydrogens is 894 g/mol. The van der Waals surface area contributed by atoms with Crippen LogP contribution in [0.15, 0.2) is 161 Å². The van der Waals surface area contributed by atoms with Crippen LogP contribution >= 0.6 is 23.2 Å². The van der Waals surface area contributed by atoms with Gasteiger partial charge in [-0.2, -0.15) is 0 Å². The minimum atomic E-state index is -2.79. The molecule has 0 amide bonds. The van der Waals surface area contributed by atoms with E-state index in [-0.39, 0.29) is 24.8 Å². The summed E-state index contributed by atoms with van der Waals surface area (Å²) in [6, 6.07) is 52.7. The number of halogens is 4. The number of allylic oxidation sites excluding steroid dienone is 4. The molecule has 1 unspecified atom stereocenters. The van der Waals surface area contributed by atoms with E-state index in [0.29, 0.717) is 9.54 Å². The fourth-order valence-corrected chi connectivity index (χ4v) is 21.7. The van der Waals surface area contributed by atoms with E-state index < -0.39 is 21.3 Å². The van der Waals surface area contributed by atoms with Crippen LogP contribution in [0, 0.1) is 23.7 Å². The smallest absolute Gasteiger partial charge is 1.00 e. The van der Waals surface area contributed by atoms with Crippen LogP contribution in [-0.2, 0) is 34.1 Å². The van der Waals surface area contributed by atoms with Crippen LogP contribution in [0.4, 0.5) is 0 Å². The molecule has 0 radical (unpaired) electrons. The van der Waals surface area contributed by atoms with Gasteiger partial charge in [0.2, 0.25) is 0 Å². The molecule has 6 aliphatic rings. The molecule has 0 aliphatic heterocycles. The Balaban J connectivity index is 0.00000231. The summed E-state index contributed by atoms with van der Waals surface area (Å²) in [7, 11) is 0. The molecule has 12 rings (SSSR count). The Morgan fingerprint density at radius 2 is 1.05 bits per heavy atom. The summed E-state index contributed by atoms with van der Waals surface area (Å²) in [4.78, 5) is 0. The first kappa shape index (κ1) is 42.0. The number of hydrogen-bond acceptors (Lipinski definition) is 0. The van der Waals surface area contributed by atoms with Gasteiger partial charge < -0.3 is 24.8 Å². The number of hydrogen-bond donors (Lipinski definition) is 0. The Labute approximate surface area is 386 Å². The summed E-state index contributed by atoms with van der Waals surface area (Å²) in [5, 5.41) is 1.58. The molecule has 0 saturated heterocycles. The molecule has 0 aromatic heterocycles. The van der Waals surface area contributed by atoms with Crippen molar-refractivity contribution < 1.29 is 46.1 Å². The Morgan fingerprint density at radius 1 is 0.517 bits per heavy atom. The summed E-state index contributed by atoms with van der Waals surface area (Å²) in [5.74, 6) is 4.09. The maximum Gasteiger partial charge on any atom is -1.00 e. The zero-order valence-electron chi connectivity index (χ0n) is 33.6. The summed E-state index contributed by atoms with van der Waals surface area (Å²) in [6.07, 6.45) is 17.5. The van der Waals surface area contributed by atoms with Gasteiger partial charge in [-0.3, -0.25) is 0 Å². The minimum absolute atomic E-state index is 0. The van der Waals surface area contributed by atoms with E-state index in [1.165, 1.54) is 82.2 Å². The summed E-state index contributed by atoms with van der Waals surface area (Å²) in [5.41, 5.74) is 15.8. The second-order valence-corrected chi connectivity index (χ2v) is 25.5. The van der Waals surface area contributed by atoms with Gasteiger partial charge in [0.15, 0.2) is 0 Å². The molecule has 0 spiro atoms. The fourth-order valence-electron chi connectivity index (χ4n) is 12.2. The summed E-state index contributed by atoms with van der Waals surface area (Å²) in [6.45, 7) is 0. The second-order valence-electron chi connectivity index (χ2n) is 17.9. The van der Waals surface area contributed by atoms with Crippen molar-refractivity contribution in [2.24, 2.45) is 23.7 Å². The number of benzene rings is 6. The Morgan fingerprint density at radius 3 is 1.62 bits per heavy atom. The SMILES string of the molecule is Clc1ccc(-c2ccc3c(c2)[CH]([Zr+2]([C]2=CC=CC2)=[C](Cc2ccccc2)Cc2ccccc2)c2cc(-c4ccc(Cl)cc4)c(C4C5CC6CC(C5)CC4C6)cc2-3)cc1.[Cl-].[Cl-]. The van der Waals surface area contributed by atoms with Gasteiger partial charge in [0.25, 0.3) is 0 Å². The van der Waals surface area contributed by atoms with Gasteiger partial charge in [-0.05, 0) is 0 Å². The van der Waals surface area contributed by atoms with Gasteiger partial charge in [-0.15, -0.1) is 0 Å². The molecule has 300 valence electrons. The Bertz CT molecular complexity index is 2540. The Kier molecular flexibility index (Phi) is 12.5. The minimum Gasteiger partial charge on any atom is -1.00 e. The first-order chi connectivity index (χ1) is 28.5. The van der Waals surface area contributed by atoms with E-state index >= 15 is 0 Å². The third-order valence-electron chi connectivity index (χ3n) is 14.4. The van der Waals surface area contributed by atoms with Crippen molar-refractivity contribution in [3.8, 4) is 33.4 Å². The molecule has 4 fully saturated rings. The first-order valence-electron chi connectivity index (χ1n) is 21.5. The van der Waals surface area contributed by atoms with Crippen LogP contribution in [0.1, 0.15) is 75.9 Å². The molecule has 0 nitrogen and oxygen atoms in total. The molecule has 60 heavy (non-hydrogen) atoms. The van der Waals surface area contributed by atoms with Gasteiger partial charge >= 0.3 is 365 Å². The zero-order chi connectivity index (χ0) is 38.7. The third kappa shape index (κ3) is 7.97. The normalized spacial score (nSPS) is 22.5. The van der Waals surface area contributed by atoms with Crippen LogP contribution in [0.5, 0.6) is 0 Å². The van der Waals surface area contributed by atoms with Crippen molar-refractivity contribution in [3.05, 3.63) is 199 Å². The van der Waals surface area contributed by atoms with Crippen LogP contribution in [-0.4, -0.2) is 3.21 Å². The number of rotatable bonds is 9. The zero-order valence-corrected chi connectivity index (χ0v) is 39.1. The molecule has 0 heterocycles. The van der Waals surface area contributed by atoms with Crippen LogP contribution < -0.4 is 24.8 Å². The quantitative estimate of drug-likeness (QED) is 0.136. The van der Waals surface area contributed by atoms with Gasteiger partial charge in [0.1, 0.15) is 0 Å². The maximum atomic E-state index is 6.61.